The van der Waals surface area contributed by atoms with Gasteiger partial charge in [-0.1, -0.05) is 45.0 Å². The van der Waals surface area contributed by atoms with Gasteiger partial charge in [-0.15, -0.1) is 0 Å². The van der Waals surface area contributed by atoms with Crippen molar-refractivity contribution in [3.05, 3.63) is 88.4 Å². The van der Waals surface area contributed by atoms with Crippen molar-refractivity contribution in [1.29, 1.82) is 0 Å². The first-order valence-corrected chi connectivity index (χ1v) is 11.0. The molecule has 0 fully saturated rings. The van der Waals surface area contributed by atoms with Crippen molar-refractivity contribution in [3.63, 3.8) is 0 Å². The van der Waals surface area contributed by atoms with Crippen molar-refractivity contribution in [1.82, 2.24) is 14.8 Å². The summed E-state index contributed by atoms with van der Waals surface area (Å²) in [5.41, 5.74) is 5.24. The Labute approximate surface area is 184 Å². The van der Waals surface area contributed by atoms with Crippen LogP contribution in [0.3, 0.4) is 0 Å². The molecule has 2 aromatic carbocycles. The summed E-state index contributed by atoms with van der Waals surface area (Å²) < 4.78 is 36.3. The van der Waals surface area contributed by atoms with Crippen molar-refractivity contribution < 1.29 is 13.2 Å². The minimum atomic E-state index is -0.639. The second kappa shape index (κ2) is 6.61. The number of rotatable bonds is 2. The summed E-state index contributed by atoms with van der Waals surface area (Å²) >= 11 is 0. The molecule has 162 valence electrons. The average Bonchev–Trinajstić information content (AvgIpc) is 3.40. The lowest BCUT2D eigenvalue weighted by Crippen LogP contribution is -2.26. The molecule has 2 atom stereocenters. The van der Waals surface area contributed by atoms with E-state index in [1.54, 1.807) is 10.9 Å². The molecule has 4 aromatic rings. The molecule has 32 heavy (non-hydrogen) atoms. The van der Waals surface area contributed by atoms with Crippen LogP contribution in [0.15, 0.2) is 53.1 Å². The predicted molar refractivity (Wildman–Crippen MR) is 117 cm³/mol. The maximum Gasteiger partial charge on any atom is 0.247 e. The van der Waals surface area contributed by atoms with Crippen molar-refractivity contribution in [2.45, 2.75) is 50.9 Å². The van der Waals surface area contributed by atoms with E-state index in [1.165, 1.54) is 23.3 Å². The number of aromatic nitrogens is 3. The van der Waals surface area contributed by atoms with E-state index in [4.69, 9.17) is 9.52 Å². The smallest absolute Gasteiger partial charge is 0.247 e. The summed E-state index contributed by atoms with van der Waals surface area (Å²) in [4.78, 5) is 4.55. The zero-order chi connectivity index (χ0) is 22.2. The van der Waals surface area contributed by atoms with Crippen molar-refractivity contribution in [2.75, 3.05) is 0 Å². The molecule has 0 aliphatic heterocycles. The number of halogens is 2. The number of hydrogen-bond acceptors (Lipinski definition) is 3. The lowest BCUT2D eigenvalue weighted by Gasteiger charge is -2.38. The first-order chi connectivity index (χ1) is 15.3. The zero-order valence-corrected chi connectivity index (χ0v) is 18.2. The molecule has 6 heteroatoms. The lowest BCUT2D eigenvalue weighted by molar-refractivity contribution is 0.414. The van der Waals surface area contributed by atoms with Crippen LogP contribution in [0, 0.1) is 11.6 Å². The topological polar surface area (TPSA) is 43.9 Å². The summed E-state index contributed by atoms with van der Waals surface area (Å²) in [7, 11) is 0. The Balaban J connectivity index is 1.62. The van der Waals surface area contributed by atoms with Gasteiger partial charge in [0.1, 0.15) is 17.3 Å². The quantitative estimate of drug-likeness (QED) is 0.365. The highest BCUT2D eigenvalue weighted by molar-refractivity contribution is 5.66. The van der Waals surface area contributed by atoms with Crippen LogP contribution >= 0.6 is 0 Å². The Bertz CT molecular complexity index is 1360. The van der Waals surface area contributed by atoms with E-state index >= 15 is 0 Å². The summed E-state index contributed by atoms with van der Waals surface area (Å²) in [6, 6.07) is 12.0. The molecule has 0 radical (unpaired) electrons. The van der Waals surface area contributed by atoms with Crippen LogP contribution in [0.5, 0.6) is 0 Å². The lowest BCUT2D eigenvalue weighted by atomic mass is 9.65. The fourth-order valence-electron chi connectivity index (χ4n) is 5.22. The Kier molecular flexibility index (Phi) is 4.01. The van der Waals surface area contributed by atoms with Gasteiger partial charge in [0.05, 0.1) is 11.9 Å². The summed E-state index contributed by atoms with van der Waals surface area (Å²) in [5.74, 6) is 0.196. The molecular formula is C26H23F2N3O. The van der Waals surface area contributed by atoms with Gasteiger partial charge in [-0.2, -0.15) is 5.10 Å². The van der Waals surface area contributed by atoms with E-state index in [0.29, 0.717) is 11.6 Å². The Morgan fingerprint density at radius 1 is 1.00 bits per heavy atom. The fourth-order valence-corrected chi connectivity index (χ4v) is 5.22. The zero-order valence-electron chi connectivity index (χ0n) is 18.2. The van der Waals surface area contributed by atoms with Crippen LogP contribution in [-0.2, 0) is 5.41 Å². The molecule has 2 unspecified atom stereocenters. The molecule has 3 aliphatic rings. The number of nitrogens with zero attached hydrogens (tertiary/aromatic N) is 3. The monoisotopic (exact) mass is 431 g/mol. The third kappa shape index (κ3) is 2.71. The van der Waals surface area contributed by atoms with E-state index < -0.39 is 11.6 Å². The minimum absolute atomic E-state index is 0.0916. The van der Waals surface area contributed by atoms with Gasteiger partial charge >= 0.3 is 0 Å². The maximum absolute atomic E-state index is 14.9. The minimum Gasteiger partial charge on any atom is -0.439 e. The third-order valence-corrected chi connectivity index (χ3v) is 6.71. The van der Waals surface area contributed by atoms with Crippen molar-refractivity contribution in [2.24, 2.45) is 0 Å². The van der Waals surface area contributed by atoms with Gasteiger partial charge in [0.15, 0.2) is 11.5 Å². The van der Waals surface area contributed by atoms with E-state index in [-0.39, 0.29) is 22.9 Å². The standard InChI is InChI=1S/C26H23F2N3O/c1-26(2,3)21-13-29-25(32-21)23-22-17-9-10-18(16-7-5-4-6-15(16)17)24(22)31(30-23)20-11-8-14(27)12-19(20)28/h4-8,11-13,17-18H,9-10H2,1-3H3. The molecule has 0 amide bonds. The van der Waals surface area contributed by atoms with Crippen LogP contribution in [0.1, 0.15) is 73.6 Å². The number of benzene rings is 2. The van der Waals surface area contributed by atoms with Gasteiger partial charge < -0.3 is 4.42 Å². The van der Waals surface area contributed by atoms with E-state index in [9.17, 15) is 8.78 Å². The first kappa shape index (κ1) is 19.4. The van der Waals surface area contributed by atoms with Gasteiger partial charge in [0, 0.05) is 28.9 Å². The van der Waals surface area contributed by atoms with Gasteiger partial charge in [-0.05, 0) is 36.1 Å². The number of fused-ring (bicyclic) bond motifs is 1. The third-order valence-electron chi connectivity index (χ3n) is 6.71. The van der Waals surface area contributed by atoms with Gasteiger partial charge in [0.25, 0.3) is 0 Å². The maximum atomic E-state index is 14.9. The second-order valence-electron chi connectivity index (χ2n) is 9.75. The Morgan fingerprint density at radius 3 is 2.41 bits per heavy atom. The van der Waals surface area contributed by atoms with Crippen LogP contribution < -0.4 is 0 Å². The molecule has 4 nitrogen and oxygen atoms in total. The van der Waals surface area contributed by atoms with Gasteiger partial charge in [-0.25, -0.2) is 18.4 Å². The fraction of sp³-hybridized carbons (Fsp3) is 0.308. The molecule has 2 heterocycles. The van der Waals surface area contributed by atoms with Gasteiger partial charge in [-0.3, -0.25) is 0 Å². The molecule has 7 rings (SSSR count). The highest BCUT2D eigenvalue weighted by Gasteiger charge is 2.44. The first-order valence-electron chi connectivity index (χ1n) is 11.0. The van der Waals surface area contributed by atoms with E-state index in [2.05, 4.69) is 44.0 Å². The van der Waals surface area contributed by atoms with E-state index in [1.807, 2.05) is 6.07 Å². The highest BCUT2D eigenvalue weighted by Crippen LogP contribution is 2.55. The molecule has 3 aliphatic carbocycles. The summed E-state index contributed by atoms with van der Waals surface area (Å²) in [6.07, 6.45) is 3.70. The molecule has 0 saturated carbocycles. The average molecular weight is 431 g/mol. The highest BCUT2D eigenvalue weighted by atomic mass is 19.1. The van der Waals surface area contributed by atoms with Crippen LogP contribution in [-0.4, -0.2) is 14.8 Å². The number of oxazole rings is 1. The molecule has 2 aromatic heterocycles. The Morgan fingerprint density at radius 2 is 1.72 bits per heavy atom. The molecule has 0 saturated heterocycles. The van der Waals surface area contributed by atoms with Crippen LogP contribution in [0.4, 0.5) is 8.78 Å². The van der Waals surface area contributed by atoms with Crippen molar-refractivity contribution >= 4 is 0 Å². The van der Waals surface area contributed by atoms with E-state index in [0.717, 1.165) is 35.9 Å². The van der Waals surface area contributed by atoms with Crippen LogP contribution in [0.2, 0.25) is 0 Å². The molecular weight excluding hydrogens is 408 g/mol. The normalized spacial score (nSPS) is 19.2. The molecule has 0 spiro atoms. The molecule has 0 N–H and O–H groups in total. The number of hydrogen-bond donors (Lipinski definition) is 0. The predicted octanol–water partition coefficient (Wildman–Crippen LogP) is 6.47. The summed E-state index contributed by atoms with van der Waals surface area (Å²) in [6.45, 7) is 6.20. The Hall–Kier alpha value is -3.28. The second-order valence-corrected chi connectivity index (χ2v) is 9.75. The SMILES string of the molecule is CC(C)(C)c1cnc(-c2nn(-c3ccc(F)cc3F)c3c2C2CCC3c3ccccc32)o1. The summed E-state index contributed by atoms with van der Waals surface area (Å²) in [5, 5.41) is 4.84. The largest absolute Gasteiger partial charge is 0.439 e. The molecule has 2 bridgehead atoms. The van der Waals surface area contributed by atoms with Crippen molar-refractivity contribution in [3.8, 4) is 17.3 Å². The van der Waals surface area contributed by atoms with Gasteiger partial charge in [0.2, 0.25) is 5.89 Å². The van der Waals surface area contributed by atoms with Crippen LogP contribution in [0.25, 0.3) is 17.3 Å².